The predicted octanol–water partition coefficient (Wildman–Crippen LogP) is 6.01. The fourth-order valence-electron chi connectivity index (χ4n) is 1.99. The van der Waals surface area contributed by atoms with Crippen LogP contribution in [0.2, 0.25) is 0 Å². The van der Waals surface area contributed by atoms with E-state index in [-0.39, 0.29) is 0 Å². The van der Waals surface area contributed by atoms with Gasteiger partial charge in [0.1, 0.15) is 10.8 Å². The SMILES string of the molecule is COc1ccc(-c2nc(-c3cccc(Br)c3)cs2)cc1Br. The van der Waals surface area contributed by atoms with Crippen molar-refractivity contribution in [1.29, 1.82) is 0 Å². The lowest BCUT2D eigenvalue weighted by atomic mass is 10.2. The van der Waals surface area contributed by atoms with Gasteiger partial charge < -0.3 is 4.74 Å². The molecule has 0 saturated heterocycles. The Labute approximate surface area is 144 Å². The van der Waals surface area contributed by atoms with Gasteiger partial charge in [-0.2, -0.15) is 0 Å². The van der Waals surface area contributed by atoms with Crippen LogP contribution in [0, 0.1) is 0 Å². The maximum absolute atomic E-state index is 5.25. The van der Waals surface area contributed by atoms with E-state index in [1.54, 1.807) is 18.4 Å². The number of hydrogen-bond acceptors (Lipinski definition) is 3. The molecule has 0 aliphatic heterocycles. The second kappa shape index (κ2) is 6.30. The number of benzene rings is 2. The fourth-order valence-corrected chi connectivity index (χ4v) is 3.75. The van der Waals surface area contributed by atoms with Gasteiger partial charge in [-0.15, -0.1) is 11.3 Å². The summed E-state index contributed by atoms with van der Waals surface area (Å²) in [5.74, 6) is 0.822. The first-order valence-corrected chi connectivity index (χ1v) is 8.69. The molecule has 0 amide bonds. The number of halogens is 2. The van der Waals surface area contributed by atoms with E-state index in [9.17, 15) is 0 Å². The quantitative estimate of drug-likeness (QED) is 0.513. The molecule has 0 N–H and O–H groups in total. The molecule has 1 heterocycles. The number of aromatic nitrogens is 1. The zero-order valence-electron chi connectivity index (χ0n) is 11.1. The molecule has 21 heavy (non-hydrogen) atoms. The fraction of sp³-hybridized carbons (Fsp3) is 0.0625. The van der Waals surface area contributed by atoms with Crippen molar-refractivity contribution in [2.75, 3.05) is 7.11 Å². The first kappa shape index (κ1) is 14.8. The molecule has 106 valence electrons. The van der Waals surface area contributed by atoms with Crippen LogP contribution >= 0.6 is 43.2 Å². The third-order valence-corrected chi connectivity index (χ3v) is 5.03. The molecule has 5 heteroatoms. The minimum Gasteiger partial charge on any atom is -0.496 e. The van der Waals surface area contributed by atoms with Gasteiger partial charge in [0.15, 0.2) is 0 Å². The van der Waals surface area contributed by atoms with Crippen LogP contribution in [0.15, 0.2) is 56.8 Å². The summed E-state index contributed by atoms with van der Waals surface area (Å²) < 4.78 is 7.24. The van der Waals surface area contributed by atoms with Crippen molar-refractivity contribution in [2.45, 2.75) is 0 Å². The van der Waals surface area contributed by atoms with Crippen molar-refractivity contribution in [2.24, 2.45) is 0 Å². The van der Waals surface area contributed by atoms with Crippen molar-refractivity contribution in [3.63, 3.8) is 0 Å². The van der Waals surface area contributed by atoms with Crippen LogP contribution in [0.4, 0.5) is 0 Å². The topological polar surface area (TPSA) is 22.1 Å². The summed E-state index contributed by atoms with van der Waals surface area (Å²) in [6.45, 7) is 0. The number of ether oxygens (including phenoxy) is 1. The van der Waals surface area contributed by atoms with Crippen LogP contribution in [-0.4, -0.2) is 12.1 Å². The average molecular weight is 425 g/mol. The van der Waals surface area contributed by atoms with Crippen LogP contribution in [0.25, 0.3) is 21.8 Å². The smallest absolute Gasteiger partial charge is 0.133 e. The molecule has 0 bridgehead atoms. The lowest BCUT2D eigenvalue weighted by Gasteiger charge is -2.04. The average Bonchev–Trinajstić information content (AvgIpc) is 2.97. The predicted molar refractivity (Wildman–Crippen MR) is 94.9 cm³/mol. The van der Waals surface area contributed by atoms with E-state index in [2.05, 4.69) is 49.4 Å². The minimum absolute atomic E-state index is 0.822. The Kier molecular flexibility index (Phi) is 4.42. The molecule has 0 aliphatic carbocycles. The first-order valence-electron chi connectivity index (χ1n) is 6.23. The van der Waals surface area contributed by atoms with Crippen molar-refractivity contribution < 1.29 is 4.74 Å². The number of thiazole rings is 1. The normalized spacial score (nSPS) is 10.6. The number of hydrogen-bond donors (Lipinski definition) is 0. The highest BCUT2D eigenvalue weighted by atomic mass is 79.9. The Morgan fingerprint density at radius 1 is 1.05 bits per heavy atom. The van der Waals surface area contributed by atoms with Crippen LogP contribution in [0.3, 0.4) is 0 Å². The molecule has 3 rings (SSSR count). The van der Waals surface area contributed by atoms with Crippen LogP contribution in [0.1, 0.15) is 0 Å². The maximum atomic E-state index is 5.25. The zero-order valence-corrected chi connectivity index (χ0v) is 15.1. The molecule has 0 aliphatic rings. The molecule has 0 unspecified atom stereocenters. The third-order valence-electron chi connectivity index (χ3n) is 3.02. The van der Waals surface area contributed by atoms with E-state index in [0.29, 0.717) is 0 Å². The van der Waals surface area contributed by atoms with E-state index in [0.717, 1.165) is 36.5 Å². The van der Waals surface area contributed by atoms with Gasteiger partial charge in [-0.1, -0.05) is 28.1 Å². The highest BCUT2D eigenvalue weighted by Gasteiger charge is 2.09. The molecular formula is C16H11Br2NOS. The van der Waals surface area contributed by atoms with E-state index < -0.39 is 0 Å². The lowest BCUT2D eigenvalue weighted by Crippen LogP contribution is -1.85. The number of nitrogens with zero attached hydrogens (tertiary/aromatic N) is 1. The van der Waals surface area contributed by atoms with Gasteiger partial charge in [-0.3, -0.25) is 0 Å². The molecule has 2 aromatic carbocycles. The molecule has 1 aromatic heterocycles. The third kappa shape index (κ3) is 3.20. The lowest BCUT2D eigenvalue weighted by molar-refractivity contribution is 0.412. The highest BCUT2D eigenvalue weighted by Crippen LogP contribution is 2.34. The van der Waals surface area contributed by atoms with Gasteiger partial charge in [0, 0.05) is 21.0 Å². The van der Waals surface area contributed by atoms with Gasteiger partial charge in [0.2, 0.25) is 0 Å². The monoisotopic (exact) mass is 423 g/mol. The first-order chi connectivity index (χ1) is 10.2. The number of methoxy groups -OCH3 is 1. The summed E-state index contributed by atoms with van der Waals surface area (Å²) in [5, 5.41) is 3.07. The molecule has 0 saturated carbocycles. The summed E-state index contributed by atoms with van der Waals surface area (Å²) in [7, 11) is 1.66. The van der Waals surface area contributed by atoms with Gasteiger partial charge >= 0.3 is 0 Å². The summed E-state index contributed by atoms with van der Waals surface area (Å²) in [5.41, 5.74) is 3.18. The summed E-state index contributed by atoms with van der Waals surface area (Å²) in [6, 6.07) is 14.2. The van der Waals surface area contributed by atoms with Gasteiger partial charge in [0.25, 0.3) is 0 Å². The second-order valence-corrected chi connectivity index (χ2v) is 7.03. The summed E-state index contributed by atoms with van der Waals surface area (Å²) in [4.78, 5) is 4.72. The molecule has 0 radical (unpaired) electrons. The van der Waals surface area contributed by atoms with Crippen LogP contribution in [-0.2, 0) is 0 Å². The molecule has 2 nitrogen and oxygen atoms in total. The molecular weight excluding hydrogens is 414 g/mol. The van der Waals surface area contributed by atoms with E-state index in [1.807, 2.05) is 30.3 Å². The van der Waals surface area contributed by atoms with E-state index in [4.69, 9.17) is 9.72 Å². The Balaban J connectivity index is 1.96. The Morgan fingerprint density at radius 2 is 1.90 bits per heavy atom. The summed E-state index contributed by atoms with van der Waals surface area (Å²) in [6.07, 6.45) is 0. The highest BCUT2D eigenvalue weighted by molar-refractivity contribution is 9.10. The van der Waals surface area contributed by atoms with E-state index in [1.165, 1.54) is 0 Å². The molecule has 3 aromatic rings. The van der Waals surface area contributed by atoms with Crippen molar-refractivity contribution in [3.05, 3.63) is 56.8 Å². The van der Waals surface area contributed by atoms with Crippen molar-refractivity contribution >= 4 is 43.2 Å². The second-order valence-electron chi connectivity index (χ2n) is 4.40. The van der Waals surface area contributed by atoms with Gasteiger partial charge in [-0.25, -0.2) is 4.98 Å². The molecule has 0 spiro atoms. The summed E-state index contributed by atoms with van der Waals surface area (Å²) >= 11 is 8.64. The van der Waals surface area contributed by atoms with Crippen molar-refractivity contribution in [3.8, 4) is 27.6 Å². The van der Waals surface area contributed by atoms with E-state index >= 15 is 0 Å². The molecule has 0 atom stereocenters. The van der Waals surface area contributed by atoms with Crippen LogP contribution in [0.5, 0.6) is 5.75 Å². The van der Waals surface area contributed by atoms with Crippen LogP contribution < -0.4 is 4.74 Å². The van der Waals surface area contributed by atoms with Crippen molar-refractivity contribution in [1.82, 2.24) is 4.98 Å². The number of rotatable bonds is 3. The Hall–Kier alpha value is -1.17. The largest absolute Gasteiger partial charge is 0.496 e. The maximum Gasteiger partial charge on any atom is 0.133 e. The zero-order chi connectivity index (χ0) is 14.8. The standard InChI is InChI=1S/C16H11Br2NOS/c1-20-15-6-5-11(8-13(15)18)16-19-14(9-21-16)10-3-2-4-12(17)7-10/h2-9H,1H3. The Bertz CT molecular complexity index is 785. The van der Waals surface area contributed by atoms with Gasteiger partial charge in [0.05, 0.1) is 17.3 Å². The minimum atomic E-state index is 0.822. The van der Waals surface area contributed by atoms with Gasteiger partial charge in [-0.05, 0) is 46.3 Å². The Morgan fingerprint density at radius 3 is 2.62 bits per heavy atom. The molecule has 0 fully saturated rings.